The number of nitrogens with one attached hydrogen (secondary N) is 2. The predicted octanol–water partition coefficient (Wildman–Crippen LogP) is 3.73. The van der Waals surface area contributed by atoms with Gasteiger partial charge in [-0.2, -0.15) is 0 Å². The third-order valence-corrected chi connectivity index (χ3v) is 4.10. The second-order valence-corrected chi connectivity index (χ2v) is 6.47. The molecule has 146 valence electrons. The van der Waals surface area contributed by atoms with Crippen LogP contribution in [0.1, 0.15) is 30.5 Å². The van der Waals surface area contributed by atoms with E-state index in [2.05, 4.69) is 10.6 Å². The minimum Gasteiger partial charge on any atom is -0.469 e. The third-order valence-electron chi connectivity index (χ3n) is 3.85. The molecule has 0 bridgehead atoms. The molecule has 0 spiro atoms. The molecule has 0 radical (unpaired) electrons. The quantitative estimate of drug-likeness (QED) is 0.547. The van der Waals surface area contributed by atoms with Crippen molar-refractivity contribution in [3.63, 3.8) is 0 Å². The first kappa shape index (κ1) is 21.2. The number of benzene rings is 2. The molecular formula is C21H21ClN2O4. The topological polar surface area (TPSA) is 84.5 Å². The van der Waals surface area contributed by atoms with Gasteiger partial charge in [0.05, 0.1) is 19.6 Å². The average Bonchev–Trinajstić information content (AvgIpc) is 2.67. The number of carbonyl (C=O) groups is 3. The van der Waals surface area contributed by atoms with E-state index < -0.39 is 12.0 Å². The maximum absolute atomic E-state index is 12.3. The first-order chi connectivity index (χ1) is 13.4. The van der Waals surface area contributed by atoms with Gasteiger partial charge in [-0.3, -0.25) is 14.4 Å². The number of hydrogen-bond acceptors (Lipinski definition) is 4. The van der Waals surface area contributed by atoms with Crippen molar-refractivity contribution < 1.29 is 19.1 Å². The van der Waals surface area contributed by atoms with Crippen LogP contribution < -0.4 is 10.6 Å². The van der Waals surface area contributed by atoms with Crippen LogP contribution in [0.15, 0.2) is 54.6 Å². The molecule has 1 unspecified atom stereocenters. The fourth-order valence-electron chi connectivity index (χ4n) is 2.47. The van der Waals surface area contributed by atoms with Crippen LogP contribution in [-0.2, 0) is 19.1 Å². The average molecular weight is 401 g/mol. The lowest BCUT2D eigenvalue weighted by molar-refractivity contribution is -0.141. The zero-order valence-corrected chi connectivity index (χ0v) is 16.3. The van der Waals surface area contributed by atoms with Gasteiger partial charge in [-0.25, -0.2) is 0 Å². The maximum atomic E-state index is 12.3. The van der Waals surface area contributed by atoms with Gasteiger partial charge in [0.1, 0.15) is 0 Å². The van der Waals surface area contributed by atoms with Crippen LogP contribution >= 0.6 is 11.6 Å². The summed E-state index contributed by atoms with van der Waals surface area (Å²) in [6, 6.07) is 13.4. The van der Waals surface area contributed by atoms with Crippen molar-refractivity contribution in [2.75, 3.05) is 12.4 Å². The lowest BCUT2D eigenvalue weighted by Crippen LogP contribution is -2.29. The Hall–Kier alpha value is -3.12. The van der Waals surface area contributed by atoms with E-state index in [1.807, 2.05) is 0 Å². The molecule has 1 atom stereocenters. The molecule has 0 heterocycles. The largest absolute Gasteiger partial charge is 0.469 e. The summed E-state index contributed by atoms with van der Waals surface area (Å²) in [5.41, 5.74) is 2.21. The molecule has 0 saturated heterocycles. The number of halogens is 1. The SMILES string of the molecule is COC(=O)CC(NC(=O)/C=C/c1ccc(NC(C)=O)cc1)c1ccc(Cl)cc1. The number of rotatable bonds is 7. The summed E-state index contributed by atoms with van der Waals surface area (Å²) in [4.78, 5) is 35.0. The number of esters is 1. The molecule has 2 aromatic carbocycles. The zero-order valence-electron chi connectivity index (χ0n) is 15.6. The highest BCUT2D eigenvalue weighted by atomic mass is 35.5. The summed E-state index contributed by atoms with van der Waals surface area (Å²) in [6.45, 7) is 1.43. The lowest BCUT2D eigenvalue weighted by Gasteiger charge is -2.17. The fraction of sp³-hybridized carbons (Fsp3) is 0.190. The Bertz CT molecular complexity index is 861. The van der Waals surface area contributed by atoms with E-state index in [9.17, 15) is 14.4 Å². The van der Waals surface area contributed by atoms with Crippen LogP contribution in [0.2, 0.25) is 5.02 Å². The highest BCUT2D eigenvalue weighted by molar-refractivity contribution is 6.30. The summed E-state index contributed by atoms with van der Waals surface area (Å²) in [5, 5.41) is 6.04. The van der Waals surface area contributed by atoms with Crippen LogP contribution in [0.5, 0.6) is 0 Å². The molecule has 0 aromatic heterocycles. The van der Waals surface area contributed by atoms with Crippen LogP contribution in [0.4, 0.5) is 5.69 Å². The van der Waals surface area contributed by atoms with E-state index in [-0.39, 0.29) is 18.2 Å². The van der Waals surface area contributed by atoms with Crippen molar-refractivity contribution in [3.05, 3.63) is 70.8 Å². The fourth-order valence-corrected chi connectivity index (χ4v) is 2.60. The summed E-state index contributed by atoms with van der Waals surface area (Å²) in [6.07, 6.45) is 3.03. The molecule has 0 aliphatic heterocycles. The Morgan fingerprint density at radius 3 is 2.29 bits per heavy atom. The number of ether oxygens (including phenoxy) is 1. The van der Waals surface area contributed by atoms with Crippen molar-refractivity contribution in [2.45, 2.75) is 19.4 Å². The van der Waals surface area contributed by atoms with Crippen molar-refractivity contribution in [1.29, 1.82) is 0 Å². The molecule has 0 saturated carbocycles. The van der Waals surface area contributed by atoms with Gasteiger partial charge in [0.2, 0.25) is 11.8 Å². The van der Waals surface area contributed by atoms with Crippen molar-refractivity contribution in [2.24, 2.45) is 0 Å². The van der Waals surface area contributed by atoms with E-state index in [0.29, 0.717) is 10.7 Å². The molecule has 7 heteroatoms. The standard InChI is InChI=1S/C21H21ClN2O4/c1-14(25)23-18-10-3-15(4-11-18)5-12-20(26)24-19(13-21(27)28-2)16-6-8-17(22)9-7-16/h3-12,19H,13H2,1-2H3,(H,23,25)(H,24,26)/b12-5+. The van der Waals surface area contributed by atoms with Gasteiger partial charge in [0.15, 0.2) is 0 Å². The van der Waals surface area contributed by atoms with E-state index in [1.54, 1.807) is 54.6 Å². The number of hydrogen-bond donors (Lipinski definition) is 2. The first-order valence-electron chi connectivity index (χ1n) is 8.56. The summed E-state index contributed by atoms with van der Waals surface area (Å²) in [5.74, 6) is -0.936. The molecular weight excluding hydrogens is 380 g/mol. The molecule has 6 nitrogen and oxygen atoms in total. The van der Waals surface area contributed by atoms with Gasteiger partial charge < -0.3 is 15.4 Å². The zero-order chi connectivity index (χ0) is 20.5. The molecule has 28 heavy (non-hydrogen) atoms. The van der Waals surface area contributed by atoms with Gasteiger partial charge in [-0.15, -0.1) is 0 Å². The smallest absolute Gasteiger partial charge is 0.307 e. The van der Waals surface area contributed by atoms with Crippen molar-refractivity contribution in [1.82, 2.24) is 5.32 Å². The monoisotopic (exact) mass is 400 g/mol. The minimum atomic E-state index is -0.538. The maximum Gasteiger partial charge on any atom is 0.307 e. The van der Waals surface area contributed by atoms with Crippen LogP contribution in [0, 0.1) is 0 Å². The van der Waals surface area contributed by atoms with E-state index in [4.69, 9.17) is 16.3 Å². The van der Waals surface area contributed by atoms with Gasteiger partial charge in [-0.1, -0.05) is 35.9 Å². The Kier molecular flexibility index (Phi) is 7.77. The molecule has 0 aliphatic carbocycles. The van der Waals surface area contributed by atoms with Gasteiger partial charge in [0, 0.05) is 23.7 Å². The van der Waals surface area contributed by atoms with Crippen LogP contribution in [-0.4, -0.2) is 24.9 Å². The van der Waals surface area contributed by atoms with Gasteiger partial charge in [-0.05, 0) is 41.5 Å². The van der Waals surface area contributed by atoms with E-state index in [0.717, 1.165) is 11.1 Å². The Balaban J connectivity index is 2.05. The van der Waals surface area contributed by atoms with Crippen molar-refractivity contribution >= 4 is 41.1 Å². The first-order valence-corrected chi connectivity index (χ1v) is 8.93. The minimum absolute atomic E-state index is 0.00310. The number of amides is 2. The second kappa shape index (κ2) is 10.3. The number of methoxy groups -OCH3 is 1. The molecule has 0 fully saturated rings. The van der Waals surface area contributed by atoms with E-state index >= 15 is 0 Å². The molecule has 2 amide bonds. The lowest BCUT2D eigenvalue weighted by atomic mass is 10.0. The van der Waals surface area contributed by atoms with Gasteiger partial charge in [0.25, 0.3) is 0 Å². The molecule has 2 rings (SSSR count). The van der Waals surface area contributed by atoms with E-state index in [1.165, 1.54) is 20.1 Å². The summed E-state index contributed by atoms with van der Waals surface area (Å²) < 4.78 is 4.71. The molecule has 2 N–H and O–H groups in total. The summed E-state index contributed by atoms with van der Waals surface area (Å²) in [7, 11) is 1.30. The number of carbonyl (C=O) groups excluding carboxylic acids is 3. The molecule has 0 aliphatic rings. The summed E-state index contributed by atoms with van der Waals surface area (Å²) >= 11 is 5.90. The van der Waals surface area contributed by atoms with Gasteiger partial charge >= 0.3 is 5.97 Å². The second-order valence-electron chi connectivity index (χ2n) is 6.03. The highest BCUT2D eigenvalue weighted by Crippen LogP contribution is 2.20. The third kappa shape index (κ3) is 6.89. The van der Waals surface area contributed by atoms with Crippen LogP contribution in [0.3, 0.4) is 0 Å². The van der Waals surface area contributed by atoms with Crippen molar-refractivity contribution in [3.8, 4) is 0 Å². The number of anilines is 1. The Labute approximate surface area is 168 Å². The Morgan fingerprint density at radius 2 is 1.71 bits per heavy atom. The molecule has 2 aromatic rings. The predicted molar refractivity (Wildman–Crippen MR) is 109 cm³/mol. The van der Waals surface area contributed by atoms with Crippen LogP contribution in [0.25, 0.3) is 6.08 Å². The normalized spacial score (nSPS) is 11.7. The highest BCUT2D eigenvalue weighted by Gasteiger charge is 2.18. The Morgan fingerprint density at radius 1 is 1.07 bits per heavy atom.